The van der Waals surface area contributed by atoms with Crippen LogP contribution in [0, 0.1) is 0 Å². The van der Waals surface area contributed by atoms with Crippen LogP contribution in [0.2, 0.25) is 0 Å². The highest BCUT2D eigenvalue weighted by Gasteiger charge is 2.15. The van der Waals surface area contributed by atoms with E-state index in [2.05, 4.69) is 40.7 Å². The molecule has 0 aromatic heterocycles. The Kier molecular flexibility index (Phi) is 10.2. The number of benzene rings is 1. The summed E-state index contributed by atoms with van der Waals surface area (Å²) >= 11 is 0. The normalized spacial score (nSPS) is 17.7. The molecule has 1 atom stereocenters. The Morgan fingerprint density at radius 1 is 1.35 bits per heavy atom. The molecular weight excluding hydrogens is 405 g/mol. The Bertz CT molecular complexity index is 477. The first kappa shape index (κ1) is 20.2. The van der Waals surface area contributed by atoms with Crippen LogP contribution >= 0.6 is 24.0 Å². The molecule has 1 fully saturated rings. The second-order valence-corrected chi connectivity index (χ2v) is 5.46. The summed E-state index contributed by atoms with van der Waals surface area (Å²) in [4.78, 5) is 4.64. The molecule has 1 aromatic carbocycles. The minimum atomic E-state index is 0. The van der Waals surface area contributed by atoms with Gasteiger partial charge in [-0.05, 0) is 30.9 Å². The number of methoxy groups -OCH3 is 1. The van der Waals surface area contributed by atoms with Crippen LogP contribution in [0.25, 0.3) is 0 Å². The molecule has 6 heteroatoms. The maximum absolute atomic E-state index is 5.63. The van der Waals surface area contributed by atoms with Crippen LogP contribution in [0.1, 0.15) is 30.9 Å². The van der Waals surface area contributed by atoms with Crippen LogP contribution in [-0.4, -0.2) is 38.9 Å². The molecule has 2 rings (SSSR count). The maximum Gasteiger partial charge on any atom is 0.191 e. The zero-order valence-corrected chi connectivity index (χ0v) is 16.3. The number of halogens is 1. The molecule has 0 bridgehead atoms. The van der Waals surface area contributed by atoms with Crippen LogP contribution in [0.5, 0.6) is 0 Å². The van der Waals surface area contributed by atoms with Crippen molar-refractivity contribution in [2.75, 3.05) is 26.8 Å². The number of aliphatic imine (C=N–C) groups is 1. The molecule has 1 aromatic rings. The smallest absolute Gasteiger partial charge is 0.191 e. The molecule has 130 valence electrons. The van der Waals surface area contributed by atoms with Crippen LogP contribution < -0.4 is 10.6 Å². The van der Waals surface area contributed by atoms with Crippen LogP contribution in [-0.2, 0) is 22.6 Å². The monoisotopic (exact) mass is 433 g/mol. The van der Waals surface area contributed by atoms with Gasteiger partial charge in [-0.15, -0.1) is 24.0 Å². The standard InChI is InChI=1S/C17H27N3O2.HI/c1-3-18-17(20-12-16-8-5-9-22-16)19-11-14-6-4-7-15(10-14)13-21-2;/h4,6-7,10,16H,3,5,8-9,11-13H2,1-2H3,(H2,18,19,20);1H. The van der Waals surface area contributed by atoms with Gasteiger partial charge in [-0.25, -0.2) is 4.99 Å². The molecular formula is C17H28IN3O2. The molecule has 1 aliphatic heterocycles. The minimum absolute atomic E-state index is 0. The molecule has 0 radical (unpaired) electrons. The Balaban J connectivity index is 0.00000264. The lowest BCUT2D eigenvalue weighted by Gasteiger charge is -2.14. The van der Waals surface area contributed by atoms with Gasteiger partial charge in [0.1, 0.15) is 0 Å². The first-order valence-electron chi connectivity index (χ1n) is 8.02. The molecule has 5 nitrogen and oxygen atoms in total. The molecule has 1 saturated heterocycles. The Morgan fingerprint density at radius 2 is 2.17 bits per heavy atom. The van der Waals surface area contributed by atoms with Gasteiger partial charge in [0.15, 0.2) is 5.96 Å². The van der Waals surface area contributed by atoms with Crippen molar-refractivity contribution >= 4 is 29.9 Å². The predicted molar refractivity (Wildman–Crippen MR) is 104 cm³/mol. The van der Waals surface area contributed by atoms with Crippen molar-refractivity contribution in [3.8, 4) is 0 Å². The number of nitrogens with one attached hydrogen (secondary N) is 2. The van der Waals surface area contributed by atoms with Crippen LogP contribution in [0.15, 0.2) is 29.3 Å². The molecule has 1 heterocycles. The van der Waals surface area contributed by atoms with Crippen molar-refractivity contribution in [1.29, 1.82) is 0 Å². The number of hydrogen-bond donors (Lipinski definition) is 2. The summed E-state index contributed by atoms with van der Waals surface area (Å²) in [5, 5.41) is 6.64. The highest BCUT2D eigenvalue weighted by atomic mass is 127. The fourth-order valence-corrected chi connectivity index (χ4v) is 2.51. The Hall–Kier alpha value is -0.860. The zero-order valence-electron chi connectivity index (χ0n) is 14.0. The number of guanidine groups is 1. The first-order valence-corrected chi connectivity index (χ1v) is 8.02. The average Bonchev–Trinajstić information content (AvgIpc) is 3.04. The average molecular weight is 433 g/mol. The molecule has 2 N–H and O–H groups in total. The number of rotatable bonds is 7. The fourth-order valence-electron chi connectivity index (χ4n) is 2.51. The summed E-state index contributed by atoms with van der Waals surface area (Å²) in [6.07, 6.45) is 2.60. The van der Waals surface area contributed by atoms with E-state index in [0.717, 1.165) is 38.5 Å². The van der Waals surface area contributed by atoms with Crippen molar-refractivity contribution in [1.82, 2.24) is 10.6 Å². The molecule has 23 heavy (non-hydrogen) atoms. The van der Waals surface area contributed by atoms with E-state index in [4.69, 9.17) is 9.47 Å². The lowest BCUT2D eigenvalue weighted by Crippen LogP contribution is -2.41. The maximum atomic E-state index is 5.63. The second-order valence-electron chi connectivity index (χ2n) is 5.46. The van der Waals surface area contributed by atoms with Gasteiger partial charge in [-0.1, -0.05) is 24.3 Å². The summed E-state index contributed by atoms with van der Waals surface area (Å²) in [6.45, 7) is 5.90. The largest absolute Gasteiger partial charge is 0.380 e. The van der Waals surface area contributed by atoms with E-state index >= 15 is 0 Å². The van der Waals surface area contributed by atoms with Crippen molar-refractivity contribution in [3.05, 3.63) is 35.4 Å². The van der Waals surface area contributed by atoms with E-state index in [1.54, 1.807) is 7.11 Å². The Labute approximate surface area is 156 Å². The first-order chi connectivity index (χ1) is 10.8. The van der Waals surface area contributed by atoms with E-state index in [1.165, 1.54) is 11.1 Å². The highest BCUT2D eigenvalue weighted by Crippen LogP contribution is 2.10. The van der Waals surface area contributed by atoms with Crippen molar-refractivity contribution in [2.24, 2.45) is 4.99 Å². The van der Waals surface area contributed by atoms with Gasteiger partial charge in [-0.2, -0.15) is 0 Å². The van der Waals surface area contributed by atoms with Gasteiger partial charge in [0.2, 0.25) is 0 Å². The van der Waals surface area contributed by atoms with E-state index < -0.39 is 0 Å². The molecule has 0 saturated carbocycles. The summed E-state index contributed by atoms with van der Waals surface area (Å²) in [5.74, 6) is 0.843. The summed E-state index contributed by atoms with van der Waals surface area (Å²) in [7, 11) is 1.71. The van der Waals surface area contributed by atoms with E-state index in [1.807, 2.05) is 6.07 Å². The number of ether oxygens (including phenoxy) is 2. The molecule has 1 unspecified atom stereocenters. The van der Waals surface area contributed by atoms with Crippen LogP contribution in [0.4, 0.5) is 0 Å². The zero-order chi connectivity index (χ0) is 15.6. The molecule has 0 spiro atoms. The second kappa shape index (κ2) is 11.6. The third-order valence-electron chi connectivity index (χ3n) is 3.59. The number of nitrogens with zero attached hydrogens (tertiary/aromatic N) is 1. The van der Waals surface area contributed by atoms with Gasteiger partial charge < -0.3 is 20.1 Å². The molecule has 1 aliphatic rings. The lowest BCUT2D eigenvalue weighted by molar-refractivity contribution is 0.114. The van der Waals surface area contributed by atoms with Gasteiger partial charge >= 0.3 is 0 Å². The number of hydrogen-bond acceptors (Lipinski definition) is 3. The van der Waals surface area contributed by atoms with Crippen molar-refractivity contribution < 1.29 is 9.47 Å². The van der Waals surface area contributed by atoms with Gasteiger partial charge in [-0.3, -0.25) is 0 Å². The summed E-state index contributed by atoms with van der Waals surface area (Å²) in [5.41, 5.74) is 2.36. The predicted octanol–water partition coefficient (Wildman–Crippen LogP) is 2.69. The summed E-state index contributed by atoms with van der Waals surface area (Å²) < 4.78 is 10.8. The van der Waals surface area contributed by atoms with Crippen molar-refractivity contribution in [3.63, 3.8) is 0 Å². The third-order valence-corrected chi connectivity index (χ3v) is 3.59. The van der Waals surface area contributed by atoms with Crippen molar-refractivity contribution in [2.45, 2.75) is 39.0 Å². The van der Waals surface area contributed by atoms with Gasteiger partial charge in [0.05, 0.1) is 19.3 Å². The van der Waals surface area contributed by atoms with Crippen LogP contribution in [0.3, 0.4) is 0 Å². The summed E-state index contributed by atoms with van der Waals surface area (Å²) in [6, 6.07) is 8.34. The highest BCUT2D eigenvalue weighted by molar-refractivity contribution is 14.0. The van der Waals surface area contributed by atoms with E-state index in [0.29, 0.717) is 19.3 Å². The fraction of sp³-hybridized carbons (Fsp3) is 0.588. The quantitative estimate of drug-likeness (QED) is 0.395. The lowest BCUT2D eigenvalue weighted by atomic mass is 10.1. The topological polar surface area (TPSA) is 54.9 Å². The minimum Gasteiger partial charge on any atom is -0.380 e. The molecule has 0 amide bonds. The Morgan fingerprint density at radius 3 is 2.87 bits per heavy atom. The molecule has 0 aliphatic carbocycles. The van der Waals surface area contributed by atoms with E-state index in [9.17, 15) is 0 Å². The van der Waals surface area contributed by atoms with Gasteiger partial charge in [0.25, 0.3) is 0 Å². The van der Waals surface area contributed by atoms with E-state index in [-0.39, 0.29) is 24.0 Å². The van der Waals surface area contributed by atoms with Gasteiger partial charge in [0, 0.05) is 26.8 Å². The SMILES string of the molecule is CCNC(=NCc1cccc(COC)c1)NCC1CCCO1.I. The third kappa shape index (κ3) is 7.50.